The summed E-state index contributed by atoms with van der Waals surface area (Å²) in [6.07, 6.45) is 0. The monoisotopic (exact) mass is 344 g/mol. The summed E-state index contributed by atoms with van der Waals surface area (Å²) in [7, 11) is 1.52. The zero-order valence-electron chi connectivity index (χ0n) is 11.8. The molecule has 0 aliphatic rings. The molecule has 0 bridgehead atoms. The van der Waals surface area contributed by atoms with Crippen molar-refractivity contribution in [3.05, 3.63) is 63.4 Å². The van der Waals surface area contributed by atoms with Gasteiger partial charge in [0.05, 0.1) is 11.1 Å². The van der Waals surface area contributed by atoms with Crippen LogP contribution in [-0.4, -0.2) is 22.8 Å². The van der Waals surface area contributed by atoms with Gasteiger partial charge >= 0.3 is 0 Å². The Labute approximate surface area is 136 Å². The fourth-order valence-corrected chi connectivity index (χ4v) is 2.24. The van der Waals surface area contributed by atoms with Crippen LogP contribution in [-0.2, 0) is 0 Å². The van der Waals surface area contributed by atoms with E-state index in [9.17, 15) is 13.6 Å². The van der Waals surface area contributed by atoms with Crippen molar-refractivity contribution in [3.63, 3.8) is 0 Å². The van der Waals surface area contributed by atoms with E-state index in [1.165, 1.54) is 30.1 Å². The number of pyridine rings is 1. The molecule has 22 heavy (non-hydrogen) atoms. The second-order valence-electron chi connectivity index (χ2n) is 4.73. The molecule has 7 heteroatoms. The molecular formula is C15H12Cl2F2N2O. The third kappa shape index (κ3) is 3.36. The van der Waals surface area contributed by atoms with Crippen molar-refractivity contribution in [2.45, 2.75) is 13.0 Å². The molecule has 1 aromatic heterocycles. The zero-order chi connectivity index (χ0) is 16.4. The topological polar surface area (TPSA) is 33.2 Å². The molecule has 2 aromatic rings. The van der Waals surface area contributed by atoms with E-state index in [-0.39, 0.29) is 15.9 Å². The van der Waals surface area contributed by atoms with Crippen molar-refractivity contribution >= 4 is 29.1 Å². The molecule has 3 nitrogen and oxygen atoms in total. The van der Waals surface area contributed by atoms with Gasteiger partial charge in [-0.15, -0.1) is 0 Å². The maximum atomic E-state index is 13.3. The van der Waals surface area contributed by atoms with Crippen LogP contribution in [0.3, 0.4) is 0 Å². The van der Waals surface area contributed by atoms with E-state index < -0.39 is 23.6 Å². The van der Waals surface area contributed by atoms with Crippen molar-refractivity contribution in [1.29, 1.82) is 0 Å². The molecule has 1 heterocycles. The van der Waals surface area contributed by atoms with E-state index in [0.717, 1.165) is 12.1 Å². The smallest absolute Gasteiger partial charge is 0.274 e. The second-order valence-corrected chi connectivity index (χ2v) is 5.52. The molecule has 0 N–H and O–H groups in total. The Bertz CT molecular complexity index is 725. The number of carbonyl (C=O) groups excluding carboxylic acids is 1. The molecule has 1 amide bonds. The highest BCUT2D eigenvalue weighted by Gasteiger charge is 2.23. The number of amides is 1. The molecule has 1 atom stereocenters. The van der Waals surface area contributed by atoms with Gasteiger partial charge in [0.25, 0.3) is 5.91 Å². The first-order chi connectivity index (χ1) is 10.3. The van der Waals surface area contributed by atoms with Crippen LogP contribution in [0.1, 0.15) is 29.0 Å². The fourth-order valence-electron chi connectivity index (χ4n) is 1.91. The summed E-state index contributed by atoms with van der Waals surface area (Å²) in [6.45, 7) is 1.68. The molecule has 0 radical (unpaired) electrons. The van der Waals surface area contributed by atoms with Crippen molar-refractivity contribution in [1.82, 2.24) is 9.88 Å². The normalized spacial score (nSPS) is 12.1. The first kappa shape index (κ1) is 16.6. The lowest BCUT2D eigenvalue weighted by Crippen LogP contribution is -2.30. The second kappa shape index (κ2) is 6.58. The van der Waals surface area contributed by atoms with Gasteiger partial charge in [0.2, 0.25) is 0 Å². The highest BCUT2D eigenvalue weighted by atomic mass is 35.5. The van der Waals surface area contributed by atoms with Crippen molar-refractivity contribution in [2.24, 2.45) is 0 Å². The van der Waals surface area contributed by atoms with Crippen LogP contribution in [0.2, 0.25) is 10.2 Å². The number of benzene rings is 1. The van der Waals surface area contributed by atoms with E-state index in [4.69, 9.17) is 23.2 Å². The average molecular weight is 345 g/mol. The predicted octanol–water partition coefficient (Wildman–Crippen LogP) is 4.50. The van der Waals surface area contributed by atoms with E-state index in [1.807, 2.05) is 0 Å². The third-order valence-electron chi connectivity index (χ3n) is 3.34. The number of hydrogen-bond donors (Lipinski definition) is 0. The van der Waals surface area contributed by atoms with Crippen LogP contribution >= 0.6 is 23.2 Å². The van der Waals surface area contributed by atoms with Gasteiger partial charge < -0.3 is 4.90 Å². The van der Waals surface area contributed by atoms with Gasteiger partial charge in [0.1, 0.15) is 10.8 Å². The Balaban J connectivity index is 2.29. The van der Waals surface area contributed by atoms with E-state index in [2.05, 4.69) is 4.98 Å². The Hall–Kier alpha value is -1.72. The maximum absolute atomic E-state index is 13.3. The van der Waals surface area contributed by atoms with Crippen molar-refractivity contribution in [3.8, 4) is 0 Å². The van der Waals surface area contributed by atoms with Gasteiger partial charge in [-0.3, -0.25) is 4.79 Å². The molecule has 1 aromatic carbocycles. The van der Waals surface area contributed by atoms with Gasteiger partial charge in [-0.05, 0) is 36.8 Å². The Morgan fingerprint density at radius 2 is 1.86 bits per heavy atom. The largest absolute Gasteiger partial charge is 0.334 e. The maximum Gasteiger partial charge on any atom is 0.274 e. The summed E-state index contributed by atoms with van der Waals surface area (Å²) in [4.78, 5) is 17.7. The molecule has 0 fully saturated rings. The molecule has 0 saturated heterocycles. The van der Waals surface area contributed by atoms with Gasteiger partial charge in [-0.1, -0.05) is 29.3 Å². The van der Waals surface area contributed by atoms with Crippen LogP contribution in [0.15, 0.2) is 30.3 Å². The van der Waals surface area contributed by atoms with Crippen LogP contribution in [0.25, 0.3) is 0 Å². The number of hydrogen-bond acceptors (Lipinski definition) is 2. The van der Waals surface area contributed by atoms with E-state index >= 15 is 0 Å². The molecule has 1 unspecified atom stereocenters. The predicted molar refractivity (Wildman–Crippen MR) is 81.1 cm³/mol. The van der Waals surface area contributed by atoms with Crippen LogP contribution in [0.5, 0.6) is 0 Å². The first-order valence-electron chi connectivity index (χ1n) is 6.35. The highest BCUT2D eigenvalue weighted by molar-refractivity contribution is 6.34. The molecule has 0 aliphatic heterocycles. The Morgan fingerprint density at radius 1 is 1.18 bits per heavy atom. The summed E-state index contributed by atoms with van der Waals surface area (Å²) in [5.74, 6) is -2.38. The fraction of sp³-hybridized carbons (Fsp3) is 0.200. The molecule has 116 valence electrons. The third-order valence-corrected chi connectivity index (χ3v) is 3.86. The quantitative estimate of drug-likeness (QED) is 0.768. The van der Waals surface area contributed by atoms with Gasteiger partial charge in [0, 0.05) is 7.05 Å². The Morgan fingerprint density at radius 3 is 2.50 bits per heavy atom. The zero-order valence-corrected chi connectivity index (χ0v) is 13.3. The van der Waals surface area contributed by atoms with Gasteiger partial charge in [-0.25, -0.2) is 13.8 Å². The number of carbonyl (C=O) groups is 1. The van der Waals surface area contributed by atoms with E-state index in [0.29, 0.717) is 5.56 Å². The van der Waals surface area contributed by atoms with Crippen molar-refractivity contribution in [2.75, 3.05) is 7.05 Å². The molecular weight excluding hydrogens is 333 g/mol. The van der Waals surface area contributed by atoms with Gasteiger partial charge in [0.15, 0.2) is 11.6 Å². The summed E-state index contributed by atoms with van der Waals surface area (Å²) in [6, 6.07) is 5.93. The van der Waals surface area contributed by atoms with E-state index in [1.54, 1.807) is 6.92 Å². The average Bonchev–Trinajstić information content (AvgIpc) is 2.50. The molecule has 2 rings (SSSR count). The van der Waals surface area contributed by atoms with Crippen LogP contribution < -0.4 is 0 Å². The standard InChI is InChI=1S/C15H12Cl2F2N2O/c1-8(9-3-5-11(18)12(19)7-9)21(2)15(22)14-10(16)4-6-13(17)20-14/h3-8H,1-2H3. The lowest BCUT2D eigenvalue weighted by atomic mass is 10.1. The number of halogens is 4. The first-order valence-corrected chi connectivity index (χ1v) is 7.11. The highest BCUT2D eigenvalue weighted by Crippen LogP contribution is 2.25. The van der Waals surface area contributed by atoms with Crippen LogP contribution in [0, 0.1) is 11.6 Å². The Kier molecular flexibility index (Phi) is 4.98. The SMILES string of the molecule is CC(c1ccc(F)c(F)c1)N(C)C(=O)c1nc(Cl)ccc1Cl. The summed E-state index contributed by atoms with van der Waals surface area (Å²) >= 11 is 11.7. The lowest BCUT2D eigenvalue weighted by Gasteiger charge is -2.25. The summed E-state index contributed by atoms with van der Waals surface area (Å²) in [5.41, 5.74) is 0.457. The number of aromatic nitrogens is 1. The minimum atomic E-state index is -0.968. The molecule has 0 saturated carbocycles. The minimum Gasteiger partial charge on any atom is -0.334 e. The number of nitrogens with zero attached hydrogens (tertiary/aromatic N) is 2. The molecule has 0 aliphatic carbocycles. The van der Waals surface area contributed by atoms with Gasteiger partial charge in [-0.2, -0.15) is 0 Å². The summed E-state index contributed by atoms with van der Waals surface area (Å²) < 4.78 is 26.3. The van der Waals surface area contributed by atoms with Crippen LogP contribution in [0.4, 0.5) is 8.78 Å². The molecule has 0 spiro atoms. The number of rotatable bonds is 3. The summed E-state index contributed by atoms with van der Waals surface area (Å²) in [5, 5.41) is 0.306. The van der Waals surface area contributed by atoms with Crippen molar-refractivity contribution < 1.29 is 13.6 Å². The minimum absolute atomic E-state index is 0.00565. The lowest BCUT2D eigenvalue weighted by molar-refractivity contribution is 0.0736.